The third-order valence-electron chi connectivity index (χ3n) is 2.44. The molecular formula is C12H17Cl2NO. The van der Waals surface area contributed by atoms with Gasteiger partial charge in [0.25, 0.3) is 0 Å². The predicted octanol–water partition coefficient (Wildman–Crippen LogP) is 3.37. The molecule has 0 saturated heterocycles. The molecule has 4 heteroatoms. The molecule has 90 valence electrons. The van der Waals surface area contributed by atoms with Gasteiger partial charge in [-0.1, -0.05) is 29.3 Å². The molecule has 16 heavy (non-hydrogen) atoms. The lowest BCUT2D eigenvalue weighted by Crippen LogP contribution is -2.38. The molecule has 0 aliphatic rings. The second-order valence-corrected chi connectivity index (χ2v) is 5.51. The number of likely N-dealkylation sites (N-methyl/N-ethyl adjacent to an activating group) is 1. The fourth-order valence-electron chi connectivity index (χ4n) is 2.02. The molecular weight excluding hydrogens is 245 g/mol. The zero-order valence-corrected chi connectivity index (χ0v) is 11.5. The Kier molecular flexibility index (Phi) is 4.24. The van der Waals surface area contributed by atoms with E-state index in [1.165, 1.54) is 0 Å². The zero-order valence-electron chi connectivity index (χ0n) is 9.96. The highest BCUT2D eigenvalue weighted by molar-refractivity contribution is 6.42. The Balaban J connectivity index is 3.17. The Hall–Kier alpha value is -0.280. The molecule has 0 heterocycles. The summed E-state index contributed by atoms with van der Waals surface area (Å²) in [4.78, 5) is 1.96. The van der Waals surface area contributed by atoms with E-state index in [4.69, 9.17) is 23.2 Å². The molecule has 0 amide bonds. The van der Waals surface area contributed by atoms with Crippen molar-refractivity contribution >= 4 is 23.2 Å². The van der Waals surface area contributed by atoms with Gasteiger partial charge in [0.1, 0.15) is 0 Å². The molecule has 0 aliphatic carbocycles. The highest BCUT2D eigenvalue weighted by atomic mass is 35.5. The summed E-state index contributed by atoms with van der Waals surface area (Å²) in [5.41, 5.74) is 0.104. The minimum absolute atomic E-state index is 0.123. The molecule has 1 aromatic rings. The first-order valence-electron chi connectivity index (χ1n) is 5.07. The Bertz CT molecular complexity index is 372. The van der Waals surface area contributed by atoms with Crippen LogP contribution in [0.1, 0.15) is 25.5 Å². The van der Waals surface area contributed by atoms with Crippen molar-refractivity contribution < 1.29 is 5.11 Å². The summed E-state index contributed by atoms with van der Waals surface area (Å²) in [6.07, 6.45) is 0. The topological polar surface area (TPSA) is 23.5 Å². The van der Waals surface area contributed by atoms with E-state index >= 15 is 0 Å². The summed E-state index contributed by atoms with van der Waals surface area (Å²) < 4.78 is 0. The van der Waals surface area contributed by atoms with Gasteiger partial charge in [0, 0.05) is 0 Å². The summed E-state index contributed by atoms with van der Waals surface area (Å²) in [6.45, 7) is 3.56. The number of benzene rings is 1. The Morgan fingerprint density at radius 2 is 1.75 bits per heavy atom. The van der Waals surface area contributed by atoms with E-state index in [9.17, 15) is 5.11 Å². The van der Waals surface area contributed by atoms with Gasteiger partial charge in [-0.3, -0.25) is 4.90 Å². The predicted molar refractivity (Wildman–Crippen MR) is 69.2 cm³/mol. The molecule has 0 aliphatic heterocycles. The van der Waals surface area contributed by atoms with E-state index < -0.39 is 5.60 Å². The first-order chi connectivity index (χ1) is 7.23. The zero-order chi connectivity index (χ0) is 12.5. The van der Waals surface area contributed by atoms with Crippen molar-refractivity contribution in [2.45, 2.75) is 25.5 Å². The lowest BCUT2D eigenvalue weighted by Gasteiger charge is -2.35. The first kappa shape index (κ1) is 13.8. The second-order valence-electron chi connectivity index (χ2n) is 4.69. The molecule has 0 aromatic heterocycles. The van der Waals surface area contributed by atoms with Gasteiger partial charge in [-0.05, 0) is 45.6 Å². The molecule has 1 atom stereocenters. The van der Waals surface area contributed by atoms with E-state index in [0.717, 1.165) is 5.56 Å². The summed E-state index contributed by atoms with van der Waals surface area (Å²) >= 11 is 11.9. The van der Waals surface area contributed by atoms with E-state index in [2.05, 4.69) is 0 Å². The van der Waals surface area contributed by atoms with Crippen molar-refractivity contribution in [2.24, 2.45) is 0 Å². The number of nitrogens with zero attached hydrogens (tertiary/aromatic N) is 1. The maximum absolute atomic E-state index is 10.1. The van der Waals surface area contributed by atoms with Crippen molar-refractivity contribution in [3.8, 4) is 0 Å². The molecule has 0 spiro atoms. The van der Waals surface area contributed by atoms with Crippen LogP contribution >= 0.6 is 23.2 Å². The lowest BCUT2D eigenvalue weighted by molar-refractivity contribution is -0.00314. The van der Waals surface area contributed by atoms with E-state index in [1.54, 1.807) is 26.0 Å². The van der Waals surface area contributed by atoms with E-state index in [1.807, 2.05) is 25.1 Å². The minimum atomic E-state index is -0.847. The Morgan fingerprint density at radius 1 is 1.19 bits per heavy atom. The van der Waals surface area contributed by atoms with E-state index in [0.29, 0.717) is 10.0 Å². The summed E-state index contributed by atoms with van der Waals surface area (Å²) in [7, 11) is 3.84. The third kappa shape index (κ3) is 3.11. The van der Waals surface area contributed by atoms with Crippen molar-refractivity contribution in [1.82, 2.24) is 4.90 Å². The Labute approximate surface area is 107 Å². The SMILES string of the molecule is CN(C)C(c1ccc(Cl)c(Cl)c1)C(C)(C)O. The van der Waals surface area contributed by atoms with Crippen LogP contribution in [-0.4, -0.2) is 29.7 Å². The van der Waals surface area contributed by atoms with Gasteiger partial charge in [0.2, 0.25) is 0 Å². The van der Waals surface area contributed by atoms with Crippen LogP contribution in [0.3, 0.4) is 0 Å². The lowest BCUT2D eigenvalue weighted by atomic mass is 9.91. The number of aliphatic hydroxyl groups is 1. The molecule has 0 bridgehead atoms. The number of hydrogen-bond acceptors (Lipinski definition) is 2. The van der Waals surface area contributed by atoms with Gasteiger partial charge in [0.15, 0.2) is 0 Å². The van der Waals surface area contributed by atoms with Gasteiger partial charge in [0.05, 0.1) is 21.7 Å². The largest absolute Gasteiger partial charge is 0.388 e. The molecule has 2 nitrogen and oxygen atoms in total. The van der Waals surface area contributed by atoms with E-state index in [-0.39, 0.29) is 6.04 Å². The number of rotatable bonds is 3. The average molecular weight is 262 g/mol. The highest BCUT2D eigenvalue weighted by Gasteiger charge is 2.30. The van der Waals surface area contributed by atoms with Gasteiger partial charge >= 0.3 is 0 Å². The van der Waals surface area contributed by atoms with Gasteiger partial charge in [-0.25, -0.2) is 0 Å². The quantitative estimate of drug-likeness (QED) is 0.902. The molecule has 0 radical (unpaired) electrons. The van der Waals surface area contributed by atoms with Crippen molar-refractivity contribution in [2.75, 3.05) is 14.1 Å². The van der Waals surface area contributed by atoms with Crippen LogP contribution in [0.15, 0.2) is 18.2 Å². The molecule has 1 unspecified atom stereocenters. The number of hydrogen-bond donors (Lipinski definition) is 1. The fraction of sp³-hybridized carbons (Fsp3) is 0.500. The molecule has 0 saturated carbocycles. The van der Waals surface area contributed by atoms with Crippen LogP contribution in [0.4, 0.5) is 0 Å². The monoisotopic (exact) mass is 261 g/mol. The van der Waals surface area contributed by atoms with Crippen LogP contribution in [0.5, 0.6) is 0 Å². The van der Waals surface area contributed by atoms with Gasteiger partial charge < -0.3 is 5.11 Å². The normalized spacial score (nSPS) is 14.2. The maximum Gasteiger partial charge on any atom is 0.0787 e. The van der Waals surface area contributed by atoms with Crippen molar-refractivity contribution in [3.05, 3.63) is 33.8 Å². The molecule has 1 N–H and O–H groups in total. The summed E-state index contributed by atoms with van der Waals surface area (Å²) in [5.74, 6) is 0. The standard InChI is InChI=1S/C12H17Cl2NO/c1-12(2,16)11(15(3)4)8-5-6-9(13)10(14)7-8/h5-7,11,16H,1-4H3. The van der Waals surface area contributed by atoms with Crippen LogP contribution in [0.25, 0.3) is 0 Å². The molecule has 1 aromatic carbocycles. The summed E-state index contributed by atoms with van der Waals surface area (Å²) in [5, 5.41) is 11.2. The van der Waals surface area contributed by atoms with Gasteiger partial charge in [-0.15, -0.1) is 0 Å². The van der Waals surface area contributed by atoms with Crippen molar-refractivity contribution in [1.29, 1.82) is 0 Å². The van der Waals surface area contributed by atoms with Gasteiger partial charge in [-0.2, -0.15) is 0 Å². The van der Waals surface area contributed by atoms with Crippen LogP contribution in [-0.2, 0) is 0 Å². The van der Waals surface area contributed by atoms with Crippen molar-refractivity contribution in [3.63, 3.8) is 0 Å². The Morgan fingerprint density at radius 3 is 2.12 bits per heavy atom. The second kappa shape index (κ2) is 4.92. The highest BCUT2D eigenvalue weighted by Crippen LogP contribution is 2.33. The average Bonchev–Trinajstić information content (AvgIpc) is 2.08. The minimum Gasteiger partial charge on any atom is -0.388 e. The molecule has 0 fully saturated rings. The first-order valence-corrected chi connectivity index (χ1v) is 5.83. The summed E-state index contributed by atoms with van der Waals surface area (Å²) in [6, 6.07) is 5.31. The number of halogens is 2. The smallest absolute Gasteiger partial charge is 0.0787 e. The third-order valence-corrected chi connectivity index (χ3v) is 3.18. The van der Waals surface area contributed by atoms with Crippen LogP contribution < -0.4 is 0 Å². The van der Waals surface area contributed by atoms with Crippen LogP contribution in [0.2, 0.25) is 10.0 Å². The van der Waals surface area contributed by atoms with Crippen LogP contribution in [0, 0.1) is 0 Å². The fourth-order valence-corrected chi connectivity index (χ4v) is 2.33. The molecule has 1 rings (SSSR count). The maximum atomic E-state index is 10.1.